The molecule has 3 nitrogen and oxygen atoms in total. The van der Waals surface area contributed by atoms with Gasteiger partial charge in [-0.1, -0.05) is 6.07 Å². The lowest BCUT2D eigenvalue weighted by atomic mass is 10.0. The van der Waals surface area contributed by atoms with Gasteiger partial charge in [0.1, 0.15) is 5.75 Å². The number of carbonyl (C=O) groups excluding carboxylic acids is 1. The zero-order valence-electron chi connectivity index (χ0n) is 10.5. The number of benzene rings is 1. The first-order valence-corrected chi connectivity index (χ1v) is 6.29. The molecule has 0 N–H and O–H groups in total. The second-order valence-corrected chi connectivity index (χ2v) is 4.96. The van der Waals surface area contributed by atoms with Crippen molar-refractivity contribution in [2.24, 2.45) is 0 Å². The topological polar surface area (TPSA) is 35.5 Å². The minimum absolute atomic E-state index is 0.121. The minimum Gasteiger partial charge on any atom is -0.490 e. The van der Waals surface area contributed by atoms with E-state index in [1.165, 1.54) is 7.11 Å². The monoisotopic (exact) mass is 300 g/mol. The highest BCUT2D eigenvalue weighted by Gasteiger charge is 2.17. The third-order valence-corrected chi connectivity index (χ3v) is 2.99. The molecule has 0 aromatic heterocycles. The molecule has 1 aromatic carbocycles. The van der Waals surface area contributed by atoms with Crippen LogP contribution in [0.25, 0.3) is 0 Å². The first-order valence-electron chi connectivity index (χ1n) is 5.49. The van der Waals surface area contributed by atoms with Crippen molar-refractivity contribution in [2.45, 2.75) is 32.8 Å². The predicted octanol–water partition coefficient (Wildman–Crippen LogP) is 3.51. The Balaban J connectivity index is 2.92. The molecule has 1 unspecified atom stereocenters. The van der Waals surface area contributed by atoms with Crippen LogP contribution in [-0.2, 0) is 9.53 Å². The molecule has 1 atom stereocenters. The van der Waals surface area contributed by atoms with Crippen molar-refractivity contribution < 1.29 is 14.3 Å². The Bertz CT molecular complexity index is 402. The molecule has 0 radical (unpaired) electrons. The van der Waals surface area contributed by atoms with Crippen LogP contribution in [0, 0.1) is 0 Å². The second kappa shape index (κ2) is 6.05. The third kappa shape index (κ3) is 3.73. The molecule has 0 bridgehead atoms. The van der Waals surface area contributed by atoms with Gasteiger partial charge in [0, 0.05) is 0 Å². The molecule has 1 aromatic rings. The summed E-state index contributed by atoms with van der Waals surface area (Å²) in [5.41, 5.74) is 0.903. The molecule has 0 fully saturated rings. The fraction of sp³-hybridized carbons (Fsp3) is 0.462. The molecule has 0 heterocycles. The van der Waals surface area contributed by atoms with Gasteiger partial charge in [-0.2, -0.15) is 0 Å². The molecule has 0 aliphatic carbocycles. The van der Waals surface area contributed by atoms with Crippen LogP contribution in [-0.4, -0.2) is 19.2 Å². The zero-order valence-corrected chi connectivity index (χ0v) is 12.1. The lowest BCUT2D eigenvalue weighted by Gasteiger charge is -2.14. The number of hydrogen-bond donors (Lipinski definition) is 0. The van der Waals surface area contributed by atoms with Gasteiger partial charge in [-0.05, 0) is 54.4 Å². The molecular formula is C13H17BrO3. The number of carbonyl (C=O) groups is 1. The highest BCUT2D eigenvalue weighted by Crippen LogP contribution is 2.30. The minimum atomic E-state index is -0.274. The lowest BCUT2D eigenvalue weighted by molar-refractivity contribution is -0.141. The SMILES string of the molecule is COC(=O)C(C)c1ccc(OC(C)C)c(Br)c1. The van der Waals surface area contributed by atoms with Crippen LogP contribution in [0.3, 0.4) is 0 Å². The first-order chi connectivity index (χ1) is 7.95. The maximum atomic E-state index is 11.4. The van der Waals surface area contributed by atoms with E-state index in [0.29, 0.717) is 0 Å². The van der Waals surface area contributed by atoms with Crippen LogP contribution in [0.1, 0.15) is 32.3 Å². The van der Waals surface area contributed by atoms with E-state index in [0.717, 1.165) is 15.8 Å². The Kier molecular flexibility index (Phi) is 5.00. The number of rotatable bonds is 4. The number of ether oxygens (including phenoxy) is 2. The Morgan fingerprint density at radius 1 is 1.29 bits per heavy atom. The Hall–Kier alpha value is -1.03. The number of hydrogen-bond acceptors (Lipinski definition) is 3. The lowest BCUT2D eigenvalue weighted by Crippen LogP contribution is -2.11. The van der Waals surface area contributed by atoms with E-state index in [-0.39, 0.29) is 18.0 Å². The van der Waals surface area contributed by atoms with E-state index in [1.807, 2.05) is 39.0 Å². The summed E-state index contributed by atoms with van der Waals surface area (Å²) in [4.78, 5) is 11.4. The Morgan fingerprint density at radius 2 is 1.94 bits per heavy atom. The average Bonchev–Trinajstić information content (AvgIpc) is 2.29. The van der Waals surface area contributed by atoms with Gasteiger partial charge in [-0.15, -0.1) is 0 Å². The van der Waals surface area contributed by atoms with Gasteiger partial charge in [0.25, 0.3) is 0 Å². The summed E-state index contributed by atoms with van der Waals surface area (Å²) in [6.45, 7) is 5.76. The van der Waals surface area contributed by atoms with Crippen LogP contribution in [0.15, 0.2) is 22.7 Å². The van der Waals surface area contributed by atoms with E-state index < -0.39 is 0 Å². The van der Waals surface area contributed by atoms with Crippen LogP contribution in [0.2, 0.25) is 0 Å². The van der Waals surface area contributed by atoms with Crippen molar-refractivity contribution in [3.63, 3.8) is 0 Å². The normalized spacial score (nSPS) is 12.4. The summed E-state index contributed by atoms with van der Waals surface area (Å²) >= 11 is 3.44. The number of methoxy groups -OCH3 is 1. The van der Waals surface area contributed by atoms with Crippen molar-refractivity contribution in [2.75, 3.05) is 7.11 Å². The van der Waals surface area contributed by atoms with Crippen molar-refractivity contribution >= 4 is 21.9 Å². The molecule has 4 heteroatoms. The van der Waals surface area contributed by atoms with E-state index in [1.54, 1.807) is 0 Å². The fourth-order valence-corrected chi connectivity index (χ4v) is 1.94. The van der Waals surface area contributed by atoms with Crippen molar-refractivity contribution in [1.29, 1.82) is 0 Å². The van der Waals surface area contributed by atoms with Crippen LogP contribution < -0.4 is 4.74 Å². The fourth-order valence-electron chi connectivity index (χ4n) is 1.45. The standard InChI is InChI=1S/C13H17BrO3/c1-8(2)17-12-6-5-10(7-11(12)14)9(3)13(15)16-4/h5-9H,1-4H3. The molecular weight excluding hydrogens is 284 g/mol. The van der Waals surface area contributed by atoms with Crippen molar-refractivity contribution in [3.05, 3.63) is 28.2 Å². The van der Waals surface area contributed by atoms with E-state index in [9.17, 15) is 4.79 Å². The molecule has 0 saturated carbocycles. The van der Waals surface area contributed by atoms with Gasteiger partial charge in [0.05, 0.1) is 23.6 Å². The summed E-state index contributed by atoms with van der Waals surface area (Å²) in [5.74, 6) is 0.264. The first kappa shape index (κ1) is 14.0. The molecule has 1 rings (SSSR count). The van der Waals surface area contributed by atoms with E-state index >= 15 is 0 Å². The molecule has 0 amide bonds. The predicted molar refractivity (Wildman–Crippen MR) is 70.3 cm³/mol. The quantitative estimate of drug-likeness (QED) is 0.798. The zero-order chi connectivity index (χ0) is 13.0. The Morgan fingerprint density at radius 3 is 2.41 bits per heavy atom. The number of esters is 1. The Labute approximate surface area is 110 Å². The summed E-state index contributed by atoms with van der Waals surface area (Å²) in [6, 6.07) is 5.63. The van der Waals surface area contributed by atoms with Gasteiger partial charge in [-0.25, -0.2) is 0 Å². The number of halogens is 1. The molecule has 0 aliphatic rings. The van der Waals surface area contributed by atoms with Gasteiger partial charge < -0.3 is 9.47 Å². The summed E-state index contributed by atoms with van der Waals surface area (Å²) in [7, 11) is 1.39. The third-order valence-electron chi connectivity index (χ3n) is 2.37. The summed E-state index contributed by atoms with van der Waals surface area (Å²) < 4.78 is 11.2. The van der Waals surface area contributed by atoms with Crippen LogP contribution in [0.4, 0.5) is 0 Å². The van der Waals surface area contributed by atoms with Crippen LogP contribution in [0.5, 0.6) is 5.75 Å². The van der Waals surface area contributed by atoms with Gasteiger partial charge in [-0.3, -0.25) is 4.79 Å². The molecule has 0 spiro atoms. The van der Waals surface area contributed by atoms with Gasteiger partial charge in [0.2, 0.25) is 0 Å². The summed E-state index contributed by atoms with van der Waals surface area (Å²) in [5, 5.41) is 0. The summed E-state index contributed by atoms with van der Waals surface area (Å²) in [6.07, 6.45) is 0.121. The smallest absolute Gasteiger partial charge is 0.312 e. The highest BCUT2D eigenvalue weighted by molar-refractivity contribution is 9.10. The molecule has 0 saturated heterocycles. The van der Waals surface area contributed by atoms with Gasteiger partial charge in [0.15, 0.2) is 0 Å². The van der Waals surface area contributed by atoms with Crippen molar-refractivity contribution in [3.8, 4) is 5.75 Å². The molecule has 94 valence electrons. The van der Waals surface area contributed by atoms with Gasteiger partial charge >= 0.3 is 5.97 Å². The average molecular weight is 301 g/mol. The van der Waals surface area contributed by atoms with E-state index in [4.69, 9.17) is 9.47 Å². The highest BCUT2D eigenvalue weighted by atomic mass is 79.9. The van der Waals surface area contributed by atoms with E-state index in [2.05, 4.69) is 15.9 Å². The molecule has 17 heavy (non-hydrogen) atoms. The van der Waals surface area contributed by atoms with Crippen molar-refractivity contribution in [1.82, 2.24) is 0 Å². The second-order valence-electron chi connectivity index (χ2n) is 4.10. The van der Waals surface area contributed by atoms with Crippen LogP contribution >= 0.6 is 15.9 Å². The maximum absolute atomic E-state index is 11.4. The largest absolute Gasteiger partial charge is 0.490 e. The maximum Gasteiger partial charge on any atom is 0.312 e. The molecule has 0 aliphatic heterocycles.